The van der Waals surface area contributed by atoms with Crippen LogP contribution in [-0.2, 0) is 4.79 Å². The molecular formula is C10H20N2OS. The second kappa shape index (κ2) is 5.03. The van der Waals surface area contributed by atoms with Gasteiger partial charge in [-0.1, -0.05) is 6.92 Å². The SMILES string of the molecule is CC(N)C(C)C(=O)N(C)C1CCSC1. The molecule has 1 saturated heterocycles. The van der Waals surface area contributed by atoms with Crippen molar-refractivity contribution < 1.29 is 4.79 Å². The van der Waals surface area contributed by atoms with Crippen LogP contribution in [0.3, 0.4) is 0 Å². The third-order valence-corrected chi connectivity index (χ3v) is 4.12. The minimum absolute atomic E-state index is 0.0565. The van der Waals surface area contributed by atoms with E-state index in [9.17, 15) is 4.79 Å². The van der Waals surface area contributed by atoms with E-state index in [2.05, 4.69) is 0 Å². The smallest absolute Gasteiger partial charge is 0.226 e. The van der Waals surface area contributed by atoms with Crippen LogP contribution in [0.15, 0.2) is 0 Å². The Kier molecular flexibility index (Phi) is 4.26. The number of thioether (sulfide) groups is 1. The lowest BCUT2D eigenvalue weighted by molar-refractivity contribution is -0.135. The van der Waals surface area contributed by atoms with Crippen molar-refractivity contribution in [2.75, 3.05) is 18.6 Å². The van der Waals surface area contributed by atoms with Gasteiger partial charge in [0.05, 0.1) is 5.92 Å². The lowest BCUT2D eigenvalue weighted by atomic mass is 10.0. The first-order valence-electron chi connectivity index (χ1n) is 5.14. The predicted octanol–water partition coefficient (Wildman–Crippen LogP) is 0.934. The number of hydrogen-bond acceptors (Lipinski definition) is 3. The number of nitrogens with zero attached hydrogens (tertiary/aromatic N) is 1. The first-order valence-corrected chi connectivity index (χ1v) is 6.29. The largest absolute Gasteiger partial charge is 0.342 e. The number of carbonyl (C=O) groups excluding carboxylic acids is 1. The van der Waals surface area contributed by atoms with E-state index in [1.165, 1.54) is 5.75 Å². The van der Waals surface area contributed by atoms with Crippen LogP contribution in [0.25, 0.3) is 0 Å². The molecule has 2 N–H and O–H groups in total. The van der Waals surface area contributed by atoms with Gasteiger partial charge in [-0.3, -0.25) is 4.79 Å². The molecule has 0 radical (unpaired) electrons. The standard InChI is InChI=1S/C10H20N2OS/c1-7(8(2)11)10(13)12(3)9-4-5-14-6-9/h7-9H,4-6,11H2,1-3H3. The Labute approximate surface area is 90.4 Å². The molecule has 1 amide bonds. The Hall–Kier alpha value is -0.220. The molecular weight excluding hydrogens is 196 g/mol. The minimum atomic E-state index is -0.0643. The third kappa shape index (κ3) is 2.64. The van der Waals surface area contributed by atoms with E-state index in [1.807, 2.05) is 37.6 Å². The fraction of sp³-hybridized carbons (Fsp3) is 0.900. The molecule has 82 valence electrons. The quantitative estimate of drug-likeness (QED) is 0.763. The zero-order chi connectivity index (χ0) is 10.7. The maximum Gasteiger partial charge on any atom is 0.226 e. The summed E-state index contributed by atoms with van der Waals surface area (Å²) in [7, 11) is 1.90. The van der Waals surface area contributed by atoms with Crippen LogP contribution in [0.2, 0.25) is 0 Å². The Morgan fingerprint density at radius 3 is 2.64 bits per heavy atom. The number of rotatable bonds is 3. The number of amides is 1. The summed E-state index contributed by atoms with van der Waals surface area (Å²) in [5.74, 6) is 2.38. The summed E-state index contributed by atoms with van der Waals surface area (Å²) in [5, 5.41) is 0. The van der Waals surface area contributed by atoms with Gasteiger partial charge in [0.1, 0.15) is 0 Å². The predicted molar refractivity (Wildman–Crippen MR) is 61.3 cm³/mol. The second-order valence-electron chi connectivity index (χ2n) is 4.11. The fourth-order valence-electron chi connectivity index (χ4n) is 1.55. The highest BCUT2D eigenvalue weighted by Crippen LogP contribution is 2.22. The van der Waals surface area contributed by atoms with Gasteiger partial charge in [0.2, 0.25) is 5.91 Å². The molecule has 0 aromatic rings. The number of hydrogen-bond donors (Lipinski definition) is 1. The molecule has 3 atom stereocenters. The van der Waals surface area contributed by atoms with E-state index < -0.39 is 0 Å². The molecule has 0 bridgehead atoms. The van der Waals surface area contributed by atoms with Crippen molar-refractivity contribution in [2.45, 2.75) is 32.4 Å². The van der Waals surface area contributed by atoms with Gasteiger partial charge in [-0.2, -0.15) is 11.8 Å². The molecule has 0 aromatic heterocycles. The highest BCUT2D eigenvalue weighted by Gasteiger charge is 2.28. The minimum Gasteiger partial charge on any atom is -0.342 e. The van der Waals surface area contributed by atoms with Crippen molar-refractivity contribution in [3.8, 4) is 0 Å². The van der Waals surface area contributed by atoms with Crippen molar-refractivity contribution >= 4 is 17.7 Å². The Bertz CT molecular complexity index is 202. The molecule has 0 saturated carbocycles. The lowest BCUT2D eigenvalue weighted by Gasteiger charge is -2.28. The Morgan fingerprint density at radius 1 is 1.57 bits per heavy atom. The summed E-state index contributed by atoms with van der Waals surface area (Å²) >= 11 is 1.92. The van der Waals surface area contributed by atoms with Crippen LogP contribution in [0.1, 0.15) is 20.3 Å². The van der Waals surface area contributed by atoms with E-state index in [1.54, 1.807) is 0 Å². The van der Waals surface area contributed by atoms with Crippen molar-refractivity contribution in [2.24, 2.45) is 11.7 Å². The average molecular weight is 216 g/mol. The van der Waals surface area contributed by atoms with Gasteiger partial charge in [-0.05, 0) is 19.1 Å². The van der Waals surface area contributed by atoms with Crippen LogP contribution in [0, 0.1) is 5.92 Å². The van der Waals surface area contributed by atoms with Crippen LogP contribution >= 0.6 is 11.8 Å². The van der Waals surface area contributed by atoms with Crippen molar-refractivity contribution in [3.05, 3.63) is 0 Å². The lowest BCUT2D eigenvalue weighted by Crippen LogP contribution is -2.44. The molecule has 1 fully saturated rings. The van der Waals surface area contributed by atoms with Crippen LogP contribution in [0.4, 0.5) is 0 Å². The summed E-state index contributed by atoms with van der Waals surface area (Å²) in [4.78, 5) is 13.8. The fourth-order valence-corrected chi connectivity index (χ4v) is 2.82. The topological polar surface area (TPSA) is 46.3 Å². The molecule has 4 heteroatoms. The number of nitrogens with two attached hydrogens (primary N) is 1. The molecule has 0 aliphatic carbocycles. The van der Waals surface area contributed by atoms with Gasteiger partial charge in [0.15, 0.2) is 0 Å². The molecule has 1 aliphatic heterocycles. The van der Waals surface area contributed by atoms with Crippen LogP contribution < -0.4 is 5.73 Å². The van der Waals surface area contributed by atoms with Crippen molar-refractivity contribution in [1.29, 1.82) is 0 Å². The number of carbonyl (C=O) groups is 1. The first-order chi connectivity index (χ1) is 6.54. The molecule has 1 rings (SSSR count). The van der Waals surface area contributed by atoms with Gasteiger partial charge >= 0.3 is 0 Å². The molecule has 14 heavy (non-hydrogen) atoms. The van der Waals surface area contributed by atoms with Gasteiger partial charge in [0, 0.05) is 24.9 Å². The zero-order valence-electron chi connectivity index (χ0n) is 9.19. The molecule has 3 nitrogen and oxygen atoms in total. The average Bonchev–Trinajstić information content (AvgIpc) is 2.67. The molecule has 3 unspecified atom stereocenters. The summed E-state index contributed by atoms with van der Waals surface area (Å²) in [6, 6.07) is 0.368. The van der Waals surface area contributed by atoms with Gasteiger partial charge in [-0.25, -0.2) is 0 Å². The van der Waals surface area contributed by atoms with Crippen LogP contribution in [0.5, 0.6) is 0 Å². The Balaban J connectivity index is 2.50. The molecule has 1 aliphatic rings. The third-order valence-electron chi connectivity index (χ3n) is 2.98. The van der Waals surface area contributed by atoms with Gasteiger partial charge in [0.25, 0.3) is 0 Å². The maximum absolute atomic E-state index is 11.9. The highest BCUT2D eigenvalue weighted by atomic mass is 32.2. The first kappa shape index (κ1) is 11.9. The van der Waals surface area contributed by atoms with E-state index >= 15 is 0 Å². The highest BCUT2D eigenvalue weighted by molar-refractivity contribution is 7.99. The van der Waals surface area contributed by atoms with Gasteiger partial charge < -0.3 is 10.6 Å². The van der Waals surface area contributed by atoms with Crippen molar-refractivity contribution in [1.82, 2.24) is 4.90 Å². The summed E-state index contributed by atoms with van der Waals surface area (Å²) in [6.07, 6.45) is 1.12. The normalized spacial score (nSPS) is 25.9. The maximum atomic E-state index is 11.9. The van der Waals surface area contributed by atoms with E-state index in [0.29, 0.717) is 6.04 Å². The second-order valence-corrected chi connectivity index (χ2v) is 5.26. The van der Waals surface area contributed by atoms with E-state index in [-0.39, 0.29) is 17.9 Å². The molecule has 0 spiro atoms. The molecule has 0 aromatic carbocycles. The monoisotopic (exact) mass is 216 g/mol. The Morgan fingerprint density at radius 2 is 2.21 bits per heavy atom. The summed E-state index contributed by atoms with van der Waals surface area (Å²) < 4.78 is 0. The zero-order valence-corrected chi connectivity index (χ0v) is 10.0. The van der Waals surface area contributed by atoms with Gasteiger partial charge in [-0.15, -0.1) is 0 Å². The molecule has 1 heterocycles. The van der Waals surface area contributed by atoms with E-state index in [4.69, 9.17) is 5.73 Å². The van der Waals surface area contributed by atoms with Crippen LogP contribution in [-0.4, -0.2) is 41.4 Å². The summed E-state index contributed by atoms with van der Waals surface area (Å²) in [6.45, 7) is 3.80. The summed E-state index contributed by atoms with van der Waals surface area (Å²) in [5.41, 5.74) is 5.72. The van der Waals surface area contributed by atoms with E-state index in [0.717, 1.165) is 12.2 Å². The van der Waals surface area contributed by atoms with Crippen molar-refractivity contribution in [3.63, 3.8) is 0 Å².